The highest BCUT2D eigenvalue weighted by molar-refractivity contribution is 7.99. The first kappa shape index (κ1) is 18.6. The summed E-state index contributed by atoms with van der Waals surface area (Å²) in [5, 5.41) is 47.0. The zero-order chi connectivity index (χ0) is 16.4. The predicted octanol–water partition coefficient (Wildman–Crippen LogP) is -2.79. The molecule has 0 aromatic rings. The van der Waals surface area contributed by atoms with Crippen LogP contribution in [0.2, 0.25) is 0 Å². The number of carboxylic acid groups (broad SMARTS) is 1. The van der Waals surface area contributed by atoms with Crippen molar-refractivity contribution in [1.82, 2.24) is 0 Å². The smallest absolute Gasteiger partial charge is 0.304 e. The average molecular weight is 348 g/mol. The van der Waals surface area contributed by atoms with Gasteiger partial charge in [0.2, 0.25) is 4.93 Å². The summed E-state index contributed by atoms with van der Waals surface area (Å²) in [5.74, 6) is -1.23. The number of rotatable bonds is 6. The van der Waals surface area contributed by atoms with Crippen LogP contribution in [0.1, 0.15) is 6.42 Å². The highest BCUT2D eigenvalue weighted by Crippen LogP contribution is 2.37. The molecule has 1 aliphatic heterocycles. The molecule has 1 rings (SSSR count). The standard InChI is InChI=1S/C9H16O10S2/c10-3-4-6(13)9(15,21(16,17)18)7(14)8(19-4)20-2-1-5(11)12/h4,6-8,10,13-15H,1-3H2,(H,11,12)(H,16,17,18)/t4-,6+,7+,8+,9-/m1/s1. The van der Waals surface area contributed by atoms with Gasteiger partial charge < -0.3 is 30.3 Å². The van der Waals surface area contributed by atoms with Crippen molar-refractivity contribution >= 4 is 27.8 Å². The number of carbonyl (C=O) groups is 1. The molecule has 0 amide bonds. The summed E-state index contributed by atoms with van der Waals surface area (Å²) >= 11 is 0.663. The molecule has 1 aliphatic rings. The number of aliphatic hydroxyl groups is 4. The van der Waals surface area contributed by atoms with E-state index in [0.29, 0.717) is 11.8 Å². The number of thioether (sulfide) groups is 1. The lowest BCUT2D eigenvalue weighted by molar-refractivity contribution is -0.224. The fourth-order valence-electron chi connectivity index (χ4n) is 1.80. The van der Waals surface area contributed by atoms with Crippen LogP contribution in [-0.4, -0.2) is 85.5 Å². The number of ether oxygens (including phenoxy) is 1. The van der Waals surface area contributed by atoms with Crippen molar-refractivity contribution in [2.45, 2.75) is 35.1 Å². The first-order chi connectivity index (χ1) is 9.55. The molecule has 0 unspecified atom stereocenters. The minimum absolute atomic E-state index is 0.0904. The monoisotopic (exact) mass is 348 g/mol. The summed E-state index contributed by atoms with van der Waals surface area (Å²) in [4.78, 5) is 7.05. The molecule has 1 saturated heterocycles. The normalized spacial score (nSPS) is 37.4. The van der Waals surface area contributed by atoms with Crippen molar-refractivity contribution in [2.75, 3.05) is 12.4 Å². The maximum absolute atomic E-state index is 11.3. The molecule has 1 fully saturated rings. The van der Waals surface area contributed by atoms with Crippen molar-refractivity contribution in [2.24, 2.45) is 0 Å². The molecular weight excluding hydrogens is 332 g/mol. The highest BCUT2D eigenvalue weighted by atomic mass is 32.2. The molecule has 0 aromatic carbocycles. The summed E-state index contributed by atoms with van der Waals surface area (Å²) < 4.78 is 36.6. The van der Waals surface area contributed by atoms with E-state index in [1.165, 1.54) is 0 Å². The zero-order valence-electron chi connectivity index (χ0n) is 10.6. The Bertz CT molecular complexity index is 479. The van der Waals surface area contributed by atoms with Crippen molar-refractivity contribution in [1.29, 1.82) is 0 Å². The van der Waals surface area contributed by atoms with E-state index in [9.17, 15) is 28.5 Å². The summed E-state index contributed by atoms with van der Waals surface area (Å²) in [6, 6.07) is 0. The minimum atomic E-state index is -5.31. The van der Waals surface area contributed by atoms with Crippen molar-refractivity contribution in [3.8, 4) is 0 Å². The SMILES string of the molecule is O=C(O)CCS[C@@H]1O[C@H](CO)[C@H](O)[C@@](O)(S(=O)(=O)O)[C@H]1O. The third-order valence-electron chi connectivity index (χ3n) is 2.96. The van der Waals surface area contributed by atoms with E-state index in [2.05, 4.69) is 0 Å². The van der Waals surface area contributed by atoms with Crippen molar-refractivity contribution in [3.05, 3.63) is 0 Å². The Kier molecular flexibility index (Phi) is 5.97. The Morgan fingerprint density at radius 2 is 1.86 bits per heavy atom. The lowest BCUT2D eigenvalue weighted by Gasteiger charge is -2.45. The number of carboxylic acids is 1. The van der Waals surface area contributed by atoms with Gasteiger partial charge in [-0.05, 0) is 0 Å². The van der Waals surface area contributed by atoms with Gasteiger partial charge in [-0.3, -0.25) is 9.35 Å². The molecule has 124 valence electrons. The van der Waals surface area contributed by atoms with Gasteiger partial charge >= 0.3 is 16.1 Å². The first-order valence-corrected chi connectivity index (χ1v) is 8.19. The maximum atomic E-state index is 11.3. The topological polar surface area (TPSA) is 182 Å². The van der Waals surface area contributed by atoms with Gasteiger partial charge in [-0.25, -0.2) is 0 Å². The molecule has 0 radical (unpaired) electrons. The van der Waals surface area contributed by atoms with Gasteiger partial charge in [-0.1, -0.05) is 0 Å². The van der Waals surface area contributed by atoms with E-state index in [1.54, 1.807) is 0 Å². The van der Waals surface area contributed by atoms with E-state index < -0.39 is 51.4 Å². The molecule has 0 spiro atoms. The van der Waals surface area contributed by atoms with Gasteiger partial charge in [0, 0.05) is 5.75 Å². The zero-order valence-corrected chi connectivity index (χ0v) is 12.2. The highest BCUT2D eigenvalue weighted by Gasteiger charge is 2.62. The van der Waals surface area contributed by atoms with E-state index in [-0.39, 0.29) is 12.2 Å². The van der Waals surface area contributed by atoms with Crippen LogP contribution in [0.5, 0.6) is 0 Å². The second kappa shape index (κ2) is 6.75. The third kappa shape index (κ3) is 3.65. The number of hydrogen-bond acceptors (Lipinski definition) is 9. The number of aliphatic carboxylic acids is 1. The van der Waals surface area contributed by atoms with E-state index in [1.807, 2.05) is 0 Å². The van der Waals surface area contributed by atoms with Crippen LogP contribution < -0.4 is 0 Å². The molecule has 21 heavy (non-hydrogen) atoms. The lowest BCUT2D eigenvalue weighted by atomic mass is 9.99. The Labute approximate surface area is 124 Å². The Morgan fingerprint density at radius 3 is 2.29 bits per heavy atom. The van der Waals surface area contributed by atoms with Gasteiger partial charge in [0.15, 0.2) is 0 Å². The van der Waals surface area contributed by atoms with E-state index in [0.717, 1.165) is 0 Å². The number of hydrogen-bond donors (Lipinski definition) is 6. The van der Waals surface area contributed by atoms with Crippen LogP contribution in [0.15, 0.2) is 0 Å². The van der Waals surface area contributed by atoms with E-state index >= 15 is 0 Å². The lowest BCUT2D eigenvalue weighted by Crippen LogP contribution is -2.69. The molecule has 0 saturated carbocycles. The van der Waals surface area contributed by atoms with Gasteiger partial charge in [0.05, 0.1) is 13.0 Å². The van der Waals surface area contributed by atoms with Gasteiger partial charge in [0.1, 0.15) is 23.7 Å². The van der Waals surface area contributed by atoms with E-state index in [4.69, 9.17) is 19.5 Å². The fraction of sp³-hybridized carbons (Fsp3) is 0.889. The van der Waals surface area contributed by atoms with Crippen LogP contribution in [0.4, 0.5) is 0 Å². The Hall–Kier alpha value is -0.470. The molecule has 10 nitrogen and oxygen atoms in total. The quantitative estimate of drug-likeness (QED) is 0.273. The molecule has 0 aromatic heterocycles. The predicted molar refractivity (Wildman–Crippen MR) is 69.0 cm³/mol. The molecule has 0 aliphatic carbocycles. The third-order valence-corrected chi connectivity index (χ3v) is 5.40. The van der Waals surface area contributed by atoms with Crippen molar-refractivity contribution in [3.63, 3.8) is 0 Å². The summed E-state index contributed by atoms with van der Waals surface area (Å²) in [6.07, 6.45) is -6.44. The number of aliphatic hydroxyl groups excluding tert-OH is 3. The van der Waals surface area contributed by atoms with Gasteiger partial charge in [0.25, 0.3) is 0 Å². The van der Waals surface area contributed by atoms with Gasteiger partial charge in [-0.2, -0.15) is 8.42 Å². The first-order valence-electron chi connectivity index (χ1n) is 5.71. The second-order valence-corrected chi connectivity index (χ2v) is 7.17. The van der Waals surface area contributed by atoms with Crippen molar-refractivity contribution < 1.29 is 48.0 Å². The molecule has 12 heteroatoms. The molecule has 6 N–H and O–H groups in total. The van der Waals surface area contributed by atoms with Crippen LogP contribution in [-0.2, 0) is 19.6 Å². The van der Waals surface area contributed by atoms with Crippen LogP contribution >= 0.6 is 11.8 Å². The van der Waals surface area contributed by atoms with Crippen LogP contribution in [0.3, 0.4) is 0 Å². The Morgan fingerprint density at radius 1 is 1.29 bits per heavy atom. The van der Waals surface area contributed by atoms with Crippen LogP contribution in [0.25, 0.3) is 0 Å². The van der Waals surface area contributed by atoms with Crippen LogP contribution in [0, 0.1) is 0 Å². The summed E-state index contributed by atoms with van der Waals surface area (Å²) in [7, 11) is -5.31. The second-order valence-electron chi connectivity index (χ2n) is 4.36. The molecule has 0 bridgehead atoms. The molecule has 5 atom stereocenters. The molecule has 1 heterocycles. The average Bonchev–Trinajstić information content (AvgIpc) is 2.37. The minimum Gasteiger partial charge on any atom is -0.481 e. The summed E-state index contributed by atoms with van der Waals surface area (Å²) in [5.41, 5.74) is -1.46. The summed E-state index contributed by atoms with van der Waals surface area (Å²) in [6.45, 7) is -0.887. The molecular formula is C9H16O10S2. The Balaban J connectivity index is 3.00. The van der Waals surface area contributed by atoms with Gasteiger partial charge in [-0.15, -0.1) is 11.8 Å². The maximum Gasteiger partial charge on any atom is 0.304 e. The fourth-order valence-corrected chi connectivity index (χ4v) is 3.91. The largest absolute Gasteiger partial charge is 0.481 e.